The minimum absolute atomic E-state index is 0.249. The molecule has 184 valence electrons. The molecule has 0 aromatic heterocycles. The minimum Gasteiger partial charge on any atom is -0.494 e. The molecule has 4 rings (SSSR count). The molecular formula is C27H23BrN2O5S. The van der Waals surface area contributed by atoms with Gasteiger partial charge in [0.25, 0.3) is 11.1 Å². The lowest BCUT2D eigenvalue weighted by molar-refractivity contribution is -0.127. The number of thioether (sulfide) groups is 1. The van der Waals surface area contributed by atoms with Gasteiger partial charge in [-0.15, -0.1) is 0 Å². The number of halogens is 1. The number of carbonyl (C=O) groups excluding carboxylic acids is 3. The van der Waals surface area contributed by atoms with E-state index in [2.05, 4.69) is 21.2 Å². The summed E-state index contributed by atoms with van der Waals surface area (Å²) in [6.07, 6.45) is 1.63. The van der Waals surface area contributed by atoms with E-state index < -0.39 is 17.1 Å². The molecule has 1 N–H and O–H groups in total. The predicted molar refractivity (Wildman–Crippen MR) is 144 cm³/mol. The molecule has 0 unspecified atom stereocenters. The smallest absolute Gasteiger partial charge is 0.294 e. The van der Waals surface area contributed by atoms with Gasteiger partial charge in [0.1, 0.15) is 24.7 Å². The van der Waals surface area contributed by atoms with E-state index in [0.29, 0.717) is 30.4 Å². The molecule has 0 atom stereocenters. The van der Waals surface area contributed by atoms with Crippen molar-refractivity contribution in [3.8, 4) is 11.5 Å². The van der Waals surface area contributed by atoms with Gasteiger partial charge in [-0.1, -0.05) is 36.4 Å². The SMILES string of the molecule is CCOc1ccc(NC(=O)CN2C(=O)S/C(=C/c3ccc(OCc4ccccc4)c(Br)c3)C2=O)cc1. The first-order valence-electron chi connectivity index (χ1n) is 11.2. The molecule has 1 fully saturated rings. The third kappa shape index (κ3) is 6.56. The second-order valence-corrected chi connectivity index (χ2v) is 9.59. The van der Waals surface area contributed by atoms with Crippen molar-refractivity contribution in [3.05, 3.63) is 93.3 Å². The zero-order valence-electron chi connectivity index (χ0n) is 19.4. The van der Waals surface area contributed by atoms with Crippen molar-refractivity contribution in [3.63, 3.8) is 0 Å². The molecule has 3 aromatic rings. The second kappa shape index (κ2) is 11.9. The maximum Gasteiger partial charge on any atom is 0.294 e. The van der Waals surface area contributed by atoms with Crippen molar-refractivity contribution in [2.45, 2.75) is 13.5 Å². The van der Waals surface area contributed by atoms with Crippen LogP contribution in [0.1, 0.15) is 18.1 Å². The molecule has 0 spiro atoms. The fourth-order valence-corrected chi connectivity index (χ4v) is 4.74. The summed E-state index contributed by atoms with van der Waals surface area (Å²) in [7, 11) is 0. The third-order valence-corrected chi connectivity index (χ3v) is 6.64. The van der Waals surface area contributed by atoms with Crippen molar-refractivity contribution < 1.29 is 23.9 Å². The quantitative estimate of drug-likeness (QED) is 0.315. The molecule has 1 aliphatic rings. The van der Waals surface area contributed by atoms with Gasteiger partial charge in [0.05, 0.1) is 16.0 Å². The first-order chi connectivity index (χ1) is 17.4. The average molecular weight is 567 g/mol. The predicted octanol–water partition coefficient (Wildman–Crippen LogP) is 6.10. The van der Waals surface area contributed by atoms with E-state index in [1.165, 1.54) is 0 Å². The molecule has 7 nitrogen and oxygen atoms in total. The van der Waals surface area contributed by atoms with Gasteiger partial charge in [-0.05, 0) is 88.2 Å². The van der Waals surface area contributed by atoms with Crippen LogP contribution in [-0.4, -0.2) is 35.1 Å². The lowest BCUT2D eigenvalue weighted by Crippen LogP contribution is -2.36. The fourth-order valence-electron chi connectivity index (χ4n) is 3.39. The van der Waals surface area contributed by atoms with E-state index in [9.17, 15) is 14.4 Å². The normalized spacial score (nSPS) is 14.3. The fraction of sp³-hybridized carbons (Fsp3) is 0.148. The van der Waals surface area contributed by atoms with Gasteiger partial charge in [-0.2, -0.15) is 0 Å². The van der Waals surface area contributed by atoms with E-state index in [1.807, 2.05) is 43.3 Å². The van der Waals surface area contributed by atoms with Gasteiger partial charge in [0.15, 0.2) is 0 Å². The molecule has 3 aromatic carbocycles. The zero-order chi connectivity index (χ0) is 25.5. The van der Waals surface area contributed by atoms with Gasteiger partial charge < -0.3 is 14.8 Å². The summed E-state index contributed by atoms with van der Waals surface area (Å²) >= 11 is 4.31. The highest BCUT2D eigenvalue weighted by atomic mass is 79.9. The number of amides is 3. The first-order valence-corrected chi connectivity index (χ1v) is 12.8. The van der Waals surface area contributed by atoms with Crippen molar-refractivity contribution in [1.82, 2.24) is 4.90 Å². The molecule has 0 bridgehead atoms. The molecule has 0 aliphatic carbocycles. The Morgan fingerprint density at radius 3 is 2.47 bits per heavy atom. The number of anilines is 1. The van der Waals surface area contributed by atoms with Crippen LogP contribution in [0, 0.1) is 0 Å². The van der Waals surface area contributed by atoms with Crippen molar-refractivity contribution >= 4 is 56.5 Å². The lowest BCUT2D eigenvalue weighted by atomic mass is 10.2. The molecule has 1 saturated heterocycles. The zero-order valence-corrected chi connectivity index (χ0v) is 21.8. The van der Waals surface area contributed by atoms with Crippen LogP contribution in [0.5, 0.6) is 11.5 Å². The Morgan fingerprint density at radius 1 is 1.03 bits per heavy atom. The monoisotopic (exact) mass is 566 g/mol. The summed E-state index contributed by atoms with van der Waals surface area (Å²) in [4.78, 5) is 38.9. The van der Waals surface area contributed by atoms with E-state index in [0.717, 1.165) is 32.3 Å². The van der Waals surface area contributed by atoms with Crippen molar-refractivity contribution in [1.29, 1.82) is 0 Å². The van der Waals surface area contributed by atoms with E-state index in [1.54, 1.807) is 42.5 Å². The Morgan fingerprint density at radius 2 is 1.78 bits per heavy atom. The Bertz CT molecular complexity index is 1300. The van der Waals surface area contributed by atoms with Gasteiger partial charge in [-0.25, -0.2) is 0 Å². The number of carbonyl (C=O) groups is 3. The van der Waals surface area contributed by atoms with Gasteiger partial charge in [-0.3, -0.25) is 19.3 Å². The topological polar surface area (TPSA) is 84.9 Å². The molecule has 0 saturated carbocycles. The largest absolute Gasteiger partial charge is 0.494 e. The Kier molecular flexibility index (Phi) is 8.45. The number of benzene rings is 3. The minimum atomic E-state index is -0.507. The third-order valence-electron chi connectivity index (χ3n) is 5.12. The number of ether oxygens (including phenoxy) is 2. The molecule has 1 aliphatic heterocycles. The van der Waals surface area contributed by atoms with E-state index in [4.69, 9.17) is 9.47 Å². The number of nitrogens with one attached hydrogen (secondary N) is 1. The van der Waals surface area contributed by atoms with E-state index in [-0.39, 0.29) is 11.4 Å². The number of nitrogens with zero attached hydrogens (tertiary/aromatic N) is 1. The molecule has 9 heteroatoms. The van der Waals surface area contributed by atoms with Gasteiger partial charge in [0.2, 0.25) is 5.91 Å². The summed E-state index contributed by atoms with van der Waals surface area (Å²) < 4.78 is 12.0. The molecule has 0 radical (unpaired) electrons. The summed E-state index contributed by atoms with van der Waals surface area (Å²) in [6, 6.07) is 22.1. The lowest BCUT2D eigenvalue weighted by Gasteiger charge is -2.13. The van der Waals surface area contributed by atoms with E-state index >= 15 is 0 Å². The van der Waals surface area contributed by atoms with Crippen LogP contribution in [0.15, 0.2) is 82.2 Å². The summed E-state index contributed by atoms with van der Waals surface area (Å²) in [6.45, 7) is 2.49. The Hall–Kier alpha value is -3.56. The van der Waals surface area contributed by atoms with Crippen LogP contribution in [0.3, 0.4) is 0 Å². The van der Waals surface area contributed by atoms with Crippen LogP contribution in [0.2, 0.25) is 0 Å². The summed E-state index contributed by atoms with van der Waals surface area (Å²) in [5.74, 6) is 0.377. The standard InChI is InChI=1S/C27H23BrN2O5S/c1-2-34-21-11-9-20(10-12-21)29-25(31)16-30-26(32)24(36-27(30)33)15-19-8-13-23(22(28)14-19)35-17-18-6-4-3-5-7-18/h3-15H,2,16-17H2,1H3,(H,29,31)/b24-15+. The number of imide groups is 1. The number of rotatable bonds is 9. The molecule has 3 amide bonds. The second-order valence-electron chi connectivity index (χ2n) is 7.74. The van der Waals surface area contributed by atoms with Gasteiger partial charge in [0, 0.05) is 5.69 Å². The highest BCUT2D eigenvalue weighted by Crippen LogP contribution is 2.34. The van der Waals surface area contributed by atoms with Crippen molar-refractivity contribution in [2.75, 3.05) is 18.5 Å². The summed E-state index contributed by atoms with van der Waals surface area (Å²) in [5, 5.41) is 2.20. The number of hydrogen-bond acceptors (Lipinski definition) is 6. The molecule has 1 heterocycles. The van der Waals surface area contributed by atoms with Crippen LogP contribution >= 0.6 is 27.7 Å². The van der Waals surface area contributed by atoms with Gasteiger partial charge >= 0.3 is 0 Å². The molecular weight excluding hydrogens is 544 g/mol. The maximum absolute atomic E-state index is 12.8. The highest BCUT2D eigenvalue weighted by molar-refractivity contribution is 9.10. The highest BCUT2D eigenvalue weighted by Gasteiger charge is 2.36. The average Bonchev–Trinajstić information content (AvgIpc) is 3.12. The molecule has 36 heavy (non-hydrogen) atoms. The Balaban J connectivity index is 1.37. The first kappa shape index (κ1) is 25.5. The van der Waals surface area contributed by atoms with Crippen molar-refractivity contribution in [2.24, 2.45) is 0 Å². The van der Waals surface area contributed by atoms with Crippen LogP contribution in [0.25, 0.3) is 6.08 Å². The van der Waals surface area contributed by atoms with Crippen LogP contribution in [-0.2, 0) is 16.2 Å². The maximum atomic E-state index is 12.8. The summed E-state index contributed by atoms with van der Waals surface area (Å²) in [5.41, 5.74) is 2.32. The Labute approximate surface area is 221 Å². The van der Waals surface area contributed by atoms with Crippen LogP contribution < -0.4 is 14.8 Å². The van der Waals surface area contributed by atoms with Crippen LogP contribution in [0.4, 0.5) is 10.5 Å². The number of hydrogen-bond donors (Lipinski definition) is 1.